The molecule has 6 N–H and O–H groups in total. The molecule has 4 aromatic carbocycles. The van der Waals surface area contributed by atoms with Gasteiger partial charge in [0.25, 0.3) is 0 Å². The Bertz CT molecular complexity index is 3800. The Morgan fingerprint density at radius 2 is 0.562 bits per heavy atom. The number of nitrogens with one attached hydrogen (secondary N) is 6. The van der Waals surface area contributed by atoms with Crippen molar-refractivity contribution in [2.45, 2.75) is 73.0 Å². The van der Waals surface area contributed by atoms with Crippen molar-refractivity contribution in [3.8, 4) is 44.5 Å². The molecule has 0 saturated heterocycles. The molecule has 2 aliphatic rings. The van der Waals surface area contributed by atoms with Crippen LogP contribution < -0.4 is 18.9 Å². The van der Waals surface area contributed by atoms with Gasteiger partial charge < -0.3 is 9.97 Å². The minimum atomic E-state index is -4.06. The van der Waals surface area contributed by atoms with Crippen molar-refractivity contribution in [2.75, 3.05) is 26.2 Å². The molecule has 24 heteroatoms. The minimum Gasteiger partial charge on any atom is -0.354 e. The lowest BCUT2D eigenvalue weighted by atomic mass is 10.0. The zero-order valence-electron chi connectivity index (χ0n) is 43.5. The smallest absolute Gasteiger partial charge is 0.240 e. The summed E-state index contributed by atoms with van der Waals surface area (Å²) in [6.45, 7) is 8.07. The summed E-state index contributed by atoms with van der Waals surface area (Å²) in [6.07, 6.45) is 8.96. The second kappa shape index (κ2) is 24.0. The van der Waals surface area contributed by atoms with Crippen molar-refractivity contribution >= 4 is 133 Å². The molecule has 0 atom stereocenters. The summed E-state index contributed by atoms with van der Waals surface area (Å²) in [7, 11) is -16.2. The van der Waals surface area contributed by atoms with Gasteiger partial charge in [-0.2, -0.15) is 0 Å². The molecule has 0 radical (unpaired) electrons. The summed E-state index contributed by atoms with van der Waals surface area (Å²) >= 11 is 28.5. The summed E-state index contributed by atoms with van der Waals surface area (Å²) in [5, 5.41) is 0.649. The van der Waals surface area contributed by atoms with Crippen molar-refractivity contribution in [2.24, 2.45) is 0 Å². The summed E-state index contributed by atoms with van der Waals surface area (Å²) < 4.78 is 121. The first-order valence-corrected chi connectivity index (χ1v) is 32.9. The number of rotatable bonds is 20. The number of hydrogen-bond donors (Lipinski definition) is 6. The Morgan fingerprint density at radius 3 is 0.762 bits per heavy atom. The van der Waals surface area contributed by atoms with Crippen LogP contribution in [-0.2, 0) is 40.1 Å². The van der Waals surface area contributed by atoms with Crippen LogP contribution in [0.1, 0.15) is 76.2 Å². The number of benzene rings is 4. The highest BCUT2D eigenvalue weighted by Gasteiger charge is 2.27. The van der Waals surface area contributed by atoms with Crippen molar-refractivity contribution in [3.05, 3.63) is 140 Å². The standard InChI is InChI=1S/C56H54Cl4N8O8S4/c1-5-25-61-77(69,70)33-9-13-41(57)37(29-33)53-45-17-19-47(65-45)54(38-30-34(10-14-42(38)58)78(71,72)62-26-6-2)49-21-23-51(67-49)56(40-32-36(12-16-44(40)60)80(75,76)64-28-8-4)52-24-22-50(68-52)55(48-20-18-46(53)66-48)39-31-35(11-15-43(39)59)79(73,74)63-27-7-3/h9-24,29-32,61-65,68H,5-8,25-28H2,1-4H3. The second-order valence-corrected chi connectivity index (χ2v) is 27.4. The molecule has 5 heterocycles. The first kappa shape index (κ1) is 58.9. The molecule has 0 unspecified atom stereocenters. The van der Waals surface area contributed by atoms with E-state index in [0.29, 0.717) is 70.0 Å². The summed E-state index contributed by atoms with van der Waals surface area (Å²) in [4.78, 5) is 17.2. The molecule has 2 aliphatic heterocycles. The number of aromatic nitrogens is 4. The van der Waals surface area contributed by atoms with Crippen molar-refractivity contribution in [1.82, 2.24) is 38.8 Å². The maximum absolute atomic E-state index is 13.8. The normalized spacial score (nSPS) is 12.9. The van der Waals surface area contributed by atoms with Crippen LogP contribution in [0.5, 0.6) is 0 Å². The molecule has 0 saturated carbocycles. The maximum Gasteiger partial charge on any atom is 0.240 e. The van der Waals surface area contributed by atoms with Crippen molar-refractivity contribution in [1.29, 1.82) is 0 Å². The van der Waals surface area contributed by atoms with Gasteiger partial charge in [0, 0.05) is 113 Å². The fourth-order valence-corrected chi connectivity index (χ4v) is 14.6. The quantitative estimate of drug-likeness (QED) is 0.0422. The highest BCUT2D eigenvalue weighted by molar-refractivity contribution is 7.90. The van der Waals surface area contributed by atoms with Gasteiger partial charge in [0.05, 0.1) is 42.4 Å². The van der Waals surface area contributed by atoms with E-state index in [0.717, 1.165) is 0 Å². The Balaban J connectivity index is 1.49. The molecular formula is C56H54Cl4N8O8S4. The van der Waals surface area contributed by atoms with E-state index in [2.05, 4.69) is 28.9 Å². The first-order valence-electron chi connectivity index (χ1n) is 25.5. The van der Waals surface area contributed by atoms with Crippen LogP contribution >= 0.6 is 46.4 Å². The van der Waals surface area contributed by atoms with Crippen LogP contribution in [0.3, 0.4) is 0 Å². The Kier molecular flexibility index (Phi) is 17.7. The van der Waals surface area contributed by atoms with Crippen molar-refractivity contribution < 1.29 is 33.7 Å². The van der Waals surface area contributed by atoms with Crippen LogP contribution in [-0.4, -0.2) is 79.8 Å². The number of halogens is 4. The topological polar surface area (TPSA) is 242 Å². The summed E-state index contributed by atoms with van der Waals surface area (Å²) in [6, 6.07) is 24.2. The van der Waals surface area contributed by atoms with Gasteiger partial charge in [-0.15, -0.1) is 0 Å². The summed E-state index contributed by atoms with van der Waals surface area (Å²) in [5.41, 5.74) is 4.98. The molecule has 0 amide bonds. The predicted octanol–water partition coefficient (Wildman–Crippen LogP) is 12.7. The molecule has 7 aromatic rings. The van der Waals surface area contributed by atoms with Crippen LogP contribution in [0, 0.1) is 0 Å². The second-order valence-electron chi connectivity index (χ2n) is 18.7. The number of hydrogen-bond acceptors (Lipinski definition) is 10. The zero-order chi connectivity index (χ0) is 57.3. The zero-order valence-corrected chi connectivity index (χ0v) is 49.8. The largest absolute Gasteiger partial charge is 0.354 e. The number of sulfonamides is 4. The van der Waals surface area contributed by atoms with E-state index >= 15 is 0 Å². The third kappa shape index (κ3) is 12.1. The van der Waals surface area contributed by atoms with E-state index in [1.165, 1.54) is 72.8 Å². The Morgan fingerprint density at radius 1 is 0.350 bits per heavy atom. The van der Waals surface area contributed by atoms with Crippen LogP contribution in [0.15, 0.2) is 117 Å². The van der Waals surface area contributed by atoms with Crippen LogP contribution in [0.2, 0.25) is 20.1 Å². The minimum absolute atomic E-state index is 0.0778. The fraction of sp³-hybridized carbons (Fsp3) is 0.214. The van der Waals surface area contributed by atoms with Crippen molar-refractivity contribution in [3.63, 3.8) is 0 Å². The monoisotopic (exact) mass is 1230 g/mol. The molecule has 16 nitrogen and oxygen atoms in total. The molecule has 3 aromatic heterocycles. The molecule has 418 valence electrons. The molecule has 0 spiro atoms. The third-order valence-electron chi connectivity index (χ3n) is 13.0. The van der Waals surface area contributed by atoms with Gasteiger partial charge >= 0.3 is 0 Å². The average Bonchev–Trinajstić information content (AvgIpc) is 4.32. The number of nitrogens with zero attached hydrogens (tertiary/aromatic N) is 2. The van der Waals surface area contributed by atoms with Gasteiger partial charge in [-0.05, 0) is 147 Å². The van der Waals surface area contributed by atoms with Gasteiger partial charge in [-0.1, -0.05) is 74.1 Å². The fourth-order valence-electron chi connectivity index (χ4n) is 9.07. The van der Waals surface area contributed by atoms with E-state index < -0.39 is 40.1 Å². The van der Waals surface area contributed by atoms with Gasteiger partial charge in [0.1, 0.15) is 0 Å². The van der Waals surface area contributed by atoms with Crippen LogP contribution in [0.25, 0.3) is 90.9 Å². The van der Waals surface area contributed by atoms with E-state index in [-0.39, 0.29) is 111 Å². The highest BCUT2D eigenvalue weighted by Crippen LogP contribution is 2.44. The van der Waals surface area contributed by atoms with E-state index in [1.54, 1.807) is 48.6 Å². The van der Waals surface area contributed by atoms with E-state index in [9.17, 15) is 33.7 Å². The van der Waals surface area contributed by atoms with Gasteiger partial charge in [0.2, 0.25) is 40.1 Å². The van der Waals surface area contributed by atoms with E-state index in [1.807, 2.05) is 27.7 Å². The predicted molar refractivity (Wildman–Crippen MR) is 323 cm³/mol. The molecule has 0 fully saturated rings. The van der Waals surface area contributed by atoms with Crippen LogP contribution in [0.4, 0.5) is 0 Å². The van der Waals surface area contributed by atoms with Gasteiger partial charge in [-0.25, -0.2) is 62.5 Å². The Labute approximate surface area is 485 Å². The molecular weight excluding hydrogens is 1180 g/mol. The number of fused-ring (bicyclic) bond motifs is 8. The highest BCUT2D eigenvalue weighted by atomic mass is 35.5. The Hall–Kier alpha value is -5.72. The maximum atomic E-state index is 13.8. The lowest BCUT2D eigenvalue weighted by Crippen LogP contribution is -2.24. The third-order valence-corrected chi connectivity index (χ3v) is 20.1. The first-order chi connectivity index (χ1) is 38.1. The van der Waals surface area contributed by atoms with Gasteiger partial charge in [0.15, 0.2) is 0 Å². The number of aromatic amines is 2. The lowest BCUT2D eigenvalue weighted by Gasteiger charge is -2.12. The lowest BCUT2D eigenvalue weighted by molar-refractivity contribution is 0.579. The average molecular weight is 1240 g/mol. The molecule has 80 heavy (non-hydrogen) atoms. The molecule has 0 aliphatic carbocycles. The molecule has 8 bridgehead atoms. The SMILES string of the molecule is CCCNS(=O)(=O)c1ccc(Cl)c(-c2c3nc(c(-c4cc(S(=O)(=O)NCCC)ccc4Cl)c4ccc([nH]4)c(-c4cc(S(=O)(=O)NCCC)ccc4Cl)c4nc(c(-c5cc(S(=O)(=O)NCCC)ccc5Cl)c5ccc2[nH]5)C=C4)C=C3)c1. The molecule has 9 rings (SSSR count). The summed E-state index contributed by atoms with van der Waals surface area (Å²) in [5.74, 6) is 0. The number of H-pyrrole nitrogens is 2. The van der Waals surface area contributed by atoms with Gasteiger partial charge in [-0.3, -0.25) is 0 Å². The van der Waals surface area contributed by atoms with E-state index in [4.69, 9.17) is 56.4 Å².